The molecule has 0 radical (unpaired) electrons. The van der Waals surface area contributed by atoms with Crippen molar-refractivity contribution in [2.24, 2.45) is 13.0 Å². The molecule has 2 atom stereocenters. The van der Waals surface area contributed by atoms with Crippen LogP contribution in [0.15, 0.2) is 6.20 Å². The molecule has 0 aromatic carbocycles. The summed E-state index contributed by atoms with van der Waals surface area (Å²) in [5.41, 5.74) is 1.08. The van der Waals surface area contributed by atoms with Crippen LogP contribution in [-0.2, 0) is 11.8 Å². The maximum atomic E-state index is 11.4. The molecule has 0 amide bonds. The van der Waals surface area contributed by atoms with Crippen molar-refractivity contribution in [2.75, 3.05) is 0 Å². The van der Waals surface area contributed by atoms with Gasteiger partial charge >= 0.3 is 0 Å². The van der Waals surface area contributed by atoms with Crippen LogP contribution in [0.4, 0.5) is 0 Å². The molecule has 0 bridgehead atoms. The number of Topliss-reactive ketones (excluding diaryl/α,β-unsaturated/α-hetero) is 1. The van der Waals surface area contributed by atoms with Gasteiger partial charge in [-0.2, -0.15) is 0 Å². The lowest BCUT2D eigenvalue weighted by Gasteiger charge is -2.27. The number of hydrogen-bond acceptors (Lipinski definition) is 2. The standard InChI is InChI=1S/C11H15ClN2O/c1-7-3-4-8(15)5-9(7)10-6-13-11(12)14(10)2/h6-7,9H,3-5H2,1-2H3. The summed E-state index contributed by atoms with van der Waals surface area (Å²) >= 11 is 5.90. The Bertz CT molecular complexity index is 386. The molecule has 15 heavy (non-hydrogen) atoms. The van der Waals surface area contributed by atoms with Gasteiger partial charge in [-0.05, 0) is 23.9 Å². The van der Waals surface area contributed by atoms with Crippen molar-refractivity contribution < 1.29 is 4.79 Å². The molecule has 1 fully saturated rings. The second kappa shape index (κ2) is 3.97. The first-order valence-corrected chi connectivity index (χ1v) is 5.66. The van der Waals surface area contributed by atoms with Crippen LogP contribution < -0.4 is 0 Å². The highest BCUT2D eigenvalue weighted by atomic mass is 35.5. The summed E-state index contributed by atoms with van der Waals surface area (Å²) < 4.78 is 1.88. The SMILES string of the molecule is CC1CCC(=O)CC1c1cnc(Cl)n1C. The third-order valence-electron chi connectivity index (χ3n) is 3.36. The van der Waals surface area contributed by atoms with E-state index in [4.69, 9.17) is 11.6 Å². The molecule has 1 aliphatic carbocycles. The summed E-state index contributed by atoms with van der Waals surface area (Å²) in [6.45, 7) is 2.19. The fourth-order valence-electron chi connectivity index (χ4n) is 2.28. The Morgan fingerprint density at radius 2 is 2.33 bits per heavy atom. The highest BCUT2D eigenvalue weighted by Crippen LogP contribution is 2.36. The van der Waals surface area contributed by atoms with E-state index in [9.17, 15) is 4.79 Å². The Hall–Kier alpha value is -0.830. The van der Waals surface area contributed by atoms with Crippen LogP contribution in [-0.4, -0.2) is 15.3 Å². The first-order valence-electron chi connectivity index (χ1n) is 5.28. The van der Waals surface area contributed by atoms with Crippen molar-refractivity contribution in [3.63, 3.8) is 0 Å². The molecule has 0 saturated heterocycles. The van der Waals surface area contributed by atoms with E-state index in [1.165, 1.54) is 0 Å². The maximum absolute atomic E-state index is 11.4. The second-order valence-corrected chi connectivity index (χ2v) is 4.71. The number of carbonyl (C=O) groups is 1. The van der Waals surface area contributed by atoms with E-state index in [2.05, 4.69) is 11.9 Å². The Morgan fingerprint density at radius 1 is 1.60 bits per heavy atom. The number of ketones is 1. The number of carbonyl (C=O) groups excluding carboxylic acids is 1. The van der Waals surface area contributed by atoms with Gasteiger partial charge in [0.15, 0.2) is 0 Å². The minimum absolute atomic E-state index is 0.288. The van der Waals surface area contributed by atoms with Crippen molar-refractivity contribution in [1.29, 1.82) is 0 Å². The summed E-state index contributed by atoms with van der Waals surface area (Å²) in [6.07, 6.45) is 4.13. The zero-order valence-corrected chi connectivity index (χ0v) is 9.79. The van der Waals surface area contributed by atoms with Crippen molar-refractivity contribution in [2.45, 2.75) is 32.1 Å². The summed E-state index contributed by atoms with van der Waals surface area (Å²) in [6, 6.07) is 0. The molecule has 1 aromatic heterocycles. The van der Waals surface area contributed by atoms with E-state index in [1.807, 2.05) is 11.6 Å². The fourth-order valence-corrected chi connectivity index (χ4v) is 2.42. The molecule has 2 unspecified atom stereocenters. The van der Waals surface area contributed by atoms with E-state index in [1.54, 1.807) is 6.20 Å². The van der Waals surface area contributed by atoms with Gasteiger partial charge < -0.3 is 4.57 Å². The van der Waals surface area contributed by atoms with Crippen LogP contribution in [0.1, 0.15) is 37.8 Å². The smallest absolute Gasteiger partial charge is 0.202 e. The molecule has 2 rings (SSSR count). The average Bonchev–Trinajstić information content (AvgIpc) is 2.52. The summed E-state index contributed by atoms with van der Waals surface area (Å²) in [5, 5.41) is 0.496. The largest absolute Gasteiger partial charge is 0.322 e. The normalized spacial score (nSPS) is 27.0. The van der Waals surface area contributed by atoms with E-state index in [0.717, 1.165) is 18.5 Å². The molecule has 1 aliphatic rings. The van der Waals surface area contributed by atoms with Gasteiger partial charge in [0.2, 0.25) is 5.28 Å². The van der Waals surface area contributed by atoms with Gasteiger partial charge in [0.25, 0.3) is 0 Å². The van der Waals surface area contributed by atoms with Gasteiger partial charge in [0, 0.05) is 31.5 Å². The van der Waals surface area contributed by atoms with Gasteiger partial charge in [0.05, 0.1) is 6.20 Å². The van der Waals surface area contributed by atoms with Crippen LogP contribution >= 0.6 is 11.6 Å². The molecule has 1 heterocycles. The minimum atomic E-state index is 0.288. The minimum Gasteiger partial charge on any atom is -0.322 e. The van der Waals surface area contributed by atoms with E-state index >= 15 is 0 Å². The van der Waals surface area contributed by atoms with Gasteiger partial charge in [-0.1, -0.05) is 6.92 Å². The van der Waals surface area contributed by atoms with Gasteiger partial charge in [-0.15, -0.1) is 0 Å². The van der Waals surface area contributed by atoms with Crippen molar-refractivity contribution in [3.05, 3.63) is 17.2 Å². The molecule has 4 heteroatoms. The lowest BCUT2D eigenvalue weighted by molar-refractivity contribution is -0.121. The Morgan fingerprint density at radius 3 is 2.93 bits per heavy atom. The van der Waals surface area contributed by atoms with Gasteiger partial charge in [-0.3, -0.25) is 4.79 Å². The number of nitrogens with zero attached hydrogens (tertiary/aromatic N) is 2. The van der Waals surface area contributed by atoms with Gasteiger partial charge in [0.1, 0.15) is 5.78 Å². The zero-order valence-electron chi connectivity index (χ0n) is 9.03. The topological polar surface area (TPSA) is 34.9 Å². The third-order valence-corrected chi connectivity index (χ3v) is 3.71. The highest BCUT2D eigenvalue weighted by molar-refractivity contribution is 6.28. The summed E-state index contributed by atoms with van der Waals surface area (Å²) in [5.74, 6) is 1.18. The lowest BCUT2D eigenvalue weighted by Crippen LogP contribution is -2.22. The molecule has 0 N–H and O–H groups in total. The lowest BCUT2D eigenvalue weighted by atomic mass is 9.78. The number of imidazole rings is 1. The fraction of sp³-hybridized carbons (Fsp3) is 0.636. The first-order chi connectivity index (χ1) is 7.09. The Kier molecular flexibility index (Phi) is 2.83. The molecule has 0 aliphatic heterocycles. The van der Waals surface area contributed by atoms with Crippen LogP contribution in [0.25, 0.3) is 0 Å². The van der Waals surface area contributed by atoms with Crippen LogP contribution in [0.2, 0.25) is 5.28 Å². The Labute approximate surface area is 94.4 Å². The summed E-state index contributed by atoms with van der Waals surface area (Å²) in [4.78, 5) is 15.5. The van der Waals surface area contributed by atoms with Gasteiger partial charge in [-0.25, -0.2) is 4.98 Å². The predicted octanol–water partition coefficient (Wildman–Crippen LogP) is 2.55. The van der Waals surface area contributed by atoms with Crippen molar-refractivity contribution in [1.82, 2.24) is 9.55 Å². The number of rotatable bonds is 1. The maximum Gasteiger partial charge on any atom is 0.202 e. The molecular weight excluding hydrogens is 212 g/mol. The van der Waals surface area contributed by atoms with Crippen molar-refractivity contribution >= 4 is 17.4 Å². The summed E-state index contributed by atoms with van der Waals surface area (Å²) in [7, 11) is 1.90. The monoisotopic (exact) mass is 226 g/mol. The number of aromatic nitrogens is 2. The molecule has 3 nitrogen and oxygen atoms in total. The third kappa shape index (κ3) is 1.93. The second-order valence-electron chi connectivity index (χ2n) is 4.38. The van der Waals surface area contributed by atoms with E-state index in [0.29, 0.717) is 23.4 Å². The zero-order chi connectivity index (χ0) is 11.0. The Balaban J connectivity index is 2.28. The van der Waals surface area contributed by atoms with E-state index < -0.39 is 0 Å². The molecule has 1 saturated carbocycles. The van der Waals surface area contributed by atoms with Crippen LogP contribution in [0.5, 0.6) is 0 Å². The van der Waals surface area contributed by atoms with Crippen molar-refractivity contribution in [3.8, 4) is 0 Å². The molecular formula is C11H15ClN2O. The highest BCUT2D eigenvalue weighted by Gasteiger charge is 2.29. The molecule has 0 spiro atoms. The molecule has 82 valence electrons. The van der Waals surface area contributed by atoms with Crippen LogP contribution in [0, 0.1) is 5.92 Å². The number of halogens is 1. The predicted molar refractivity (Wildman–Crippen MR) is 59.0 cm³/mol. The number of hydrogen-bond donors (Lipinski definition) is 0. The van der Waals surface area contributed by atoms with E-state index in [-0.39, 0.29) is 5.92 Å². The quantitative estimate of drug-likeness (QED) is 0.738. The molecule has 1 aromatic rings. The average molecular weight is 227 g/mol. The first kappa shape index (κ1) is 10.7. The van der Waals surface area contributed by atoms with Crippen LogP contribution in [0.3, 0.4) is 0 Å².